The highest BCUT2D eigenvalue weighted by molar-refractivity contribution is 6.22. The van der Waals surface area contributed by atoms with Crippen molar-refractivity contribution in [2.45, 2.75) is 0 Å². The van der Waals surface area contributed by atoms with Gasteiger partial charge in [-0.1, -0.05) is 6.07 Å². The van der Waals surface area contributed by atoms with E-state index in [0.717, 1.165) is 18.2 Å². The molecule has 1 N–H and O–H groups in total. The maximum Gasteiger partial charge on any atom is 0.265 e. The molecule has 2 aromatic rings. The predicted octanol–water partition coefficient (Wildman–Crippen LogP) is 2.34. The van der Waals surface area contributed by atoms with Crippen molar-refractivity contribution in [2.75, 3.05) is 11.9 Å². The van der Waals surface area contributed by atoms with E-state index in [9.17, 15) is 27.6 Å². The molecule has 0 aliphatic carbocycles. The summed E-state index contributed by atoms with van der Waals surface area (Å²) in [6, 6.07) is 6.10. The van der Waals surface area contributed by atoms with Gasteiger partial charge in [0.1, 0.15) is 24.0 Å². The number of fused-ring (bicyclic) bond motifs is 1. The lowest BCUT2D eigenvalue weighted by Gasteiger charge is -2.14. The maximum atomic E-state index is 13.7. The summed E-state index contributed by atoms with van der Waals surface area (Å²) in [7, 11) is 0. The van der Waals surface area contributed by atoms with Gasteiger partial charge >= 0.3 is 0 Å². The second kappa shape index (κ2) is 5.80. The van der Waals surface area contributed by atoms with E-state index >= 15 is 0 Å². The van der Waals surface area contributed by atoms with Crippen LogP contribution in [0.1, 0.15) is 20.7 Å². The van der Waals surface area contributed by atoms with Crippen molar-refractivity contribution in [1.29, 1.82) is 0 Å². The Morgan fingerprint density at radius 3 is 2.42 bits per heavy atom. The lowest BCUT2D eigenvalue weighted by molar-refractivity contribution is -0.116. The Bertz CT molecular complexity index is 883. The first-order chi connectivity index (χ1) is 11.4. The standard InChI is InChI=1S/C16H9F3N2O3/c17-8-4-5-12(11(19)6-8)20-13(22)7-21-15(23)9-2-1-3-10(18)14(9)16(21)24/h1-6H,7H2,(H,20,22). The molecule has 5 nitrogen and oxygen atoms in total. The summed E-state index contributed by atoms with van der Waals surface area (Å²) in [6.45, 7) is -0.720. The summed E-state index contributed by atoms with van der Waals surface area (Å²) in [5, 5.41) is 2.13. The van der Waals surface area contributed by atoms with Crippen molar-refractivity contribution in [1.82, 2.24) is 4.90 Å². The highest BCUT2D eigenvalue weighted by Crippen LogP contribution is 2.25. The average molecular weight is 334 g/mol. The largest absolute Gasteiger partial charge is 0.322 e. The minimum absolute atomic E-state index is 0.138. The molecule has 0 unspecified atom stereocenters. The molecule has 1 heterocycles. The van der Waals surface area contributed by atoms with Gasteiger partial charge in [-0.3, -0.25) is 19.3 Å². The molecule has 0 saturated heterocycles. The molecule has 0 spiro atoms. The average Bonchev–Trinajstić information content (AvgIpc) is 2.76. The van der Waals surface area contributed by atoms with Gasteiger partial charge in [0, 0.05) is 6.07 Å². The number of anilines is 1. The number of carbonyl (C=O) groups is 3. The van der Waals surface area contributed by atoms with Gasteiger partial charge in [0.25, 0.3) is 11.8 Å². The minimum Gasteiger partial charge on any atom is -0.322 e. The van der Waals surface area contributed by atoms with E-state index in [1.807, 2.05) is 0 Å². The van der Waals surface area contributed by atoms with E-state index < -0.39 is 47.3 Å². The summed E-state index contributed by atoms with van der Waals surface area (Å²) in [5.74, 6) is -5.32. The summed E-state index contributed by atoms with van der Waals surface area (Å²) < 4.78 is 40.0. The fraction of sp³-hybridized carbons (Fsp3) is 0.0625. The van der Waals surface area contributed by atoms with Crippen LogP contribution < -0.4 is 5.32 Å². The molecule has 0 atom stereocenters. The Morgan fingerprint density at radius 2 is 1.75 bits per heavy atom. The highest BCUT2D eigenvalue weighted by atomic mass is 19.1. The van der Waals surface area contributed by atoms with Crippen LogP contribution in [0, 0.1) is 17.5 Å². The molecule has 24 heavy (non-hydrogen) atoms. The molecule has 0 bridgehead atoms. The van der Waals surface area contributed by atoms with Crippen LogP contribution in [-0.4, -0.2) is 29.2 Å². The van der Waals surface area contributed by atoms with Gasteiger partial charge in [-0.05, 0) is 24.3 Å². The number of nitrogens with zero attached hydrogens (tertiary/aromatic N) is 1. The van der Waals surface area contributed by atoms with Crippen LogP contribution in [-0.2, 0) is 4.79 Å². The van der Waals surface area contributed by atoms with E-state index in [0.29, 0.717) is 11.0 Å². The van der Waals surface area contributed by atoms with Gasteiger partial charge in [0.15, 0.2) is 0 Å². The zero-order chi connectivity index (χ0) is 17.4. The molecule has 0 saturated carbocycles. The number of halogens is 3. The smallest absolute Gasteiger partial charge is 0.265 e. The van der Waals surface area contributed by atoms with Crippen molar-refractivity contribution in [3.05, 3.63) is 65.0 Å². The molecule has 122 valence electrons. The lowest BCUT2D eigenvalue weighted by atomic mass is 10.1. The molecule has 3 amide bonds. The van der Waals surface area contributed by atoms with E-state index in [4.69, 9.17) is 0 Å². The second-order valence-corrected chi connectivity index (χ2v) is 5.03. The summed E-state index contributed by atoms with van der Waals surface area (Å²) >= 11 is 0. The maximum absolute atomic E-state index is 13.7. The first kappa shape index (κ1) is 15.7. The van der Waals surface area contributed by atoms with E-state index in [-0.39, 0.29) is 11.3 Å². The number of rotatable bonds is 3. The number of benzene rings is 2. The third-order valence-corrected chi connectivity index (χ3v) is 3.46. The second-order valence-electron chi connectivity index (χ2n) is 5.03. The van der Waals surface area contributed by atoms with E-state index in [2.05, 4.69) is 5.32 Å². The monoisotopic (exact) mass is 334 g/mol. The Morgan fingerprint density at radius 1 is 1.00 bits per heavy atom. The zero-order valence-corrected chi connectivity index (χ0v) is 12.0. The zero-order valence-electron chi connectivity index (χ0n) is 12.0. The molecule has 0 radical (unpaired) electrons. The van der Waals surface area contributed by atoms with Crippen LogP contribution >= 0.6 is 0 Å². The summed E-state index contributed by atoms with van der Waals surface area (Å²) in [4.78, 5) is 36.7. The quantitative estimate of drug-likeness (QED) is 0.876. The van der Waals surface area contributed by atoms with Crippen LogP contribution in [0.15, 0.2) is 36.4 Å². The molecule has 3 rings (SSSR count). The third kappa shape index (κ3) is 2.62. The van der Waals surface area contributed by atoms with Gasteiger partial charge in [-0.15, -0.1) is 0 Å². The minimum atomic E-state index is -1.00. The number of imide groups is 1. The van der Waals surface area contributed by atoms with Crippen LogP contribution in [0.3, 0.4) is 0 Å². The first-order valence-electron chi connectivity index (χ1n) is 6.78. The van der Waals surface area contributed by atoms with E-state index in [1.54, 1.807) is 0 Å². The SMILES string of the molecule is O=C(CN1C(=O)c2cccc(F)c2C1=O)Nc1ccc(F)cc1F. The Labute approximate surface area is 133 Å². The van der Waals surface area contributed by atoms with Crippen molar-refractivity contribution in [2.24, 2.45) is 0 Å². The summed E-state index contributed by atoms with van der Waals surface area (Å²) in [6.07, 6.45) is 0. The third-order valence-electron chi connectivity index (χ3n) is 3.46. The number of amides is 3. The van der Waals surface area contributed by atoms with Crippen LogP contribution in [0.4, 0.5) is 18.9 Å². The van der Waals surface area contributed by atoms with Crippen LogP contribution in [0.25, 0.3) is 0 Å². The molecule has 1 aliphatic heterocycles. The molecular formula is C16H9F3N2O3. The Balaban J connectivity index is 1.77. The molecule has 2 aromatic carbocycles. The van der Waals surface area contributed by atoms with Gasteiger partial charge < -0.3 is 5.32 Å². The molecular weight excluding hydrogens is 325 g/mol. The van der Waals surface area contributed by atoms with Gasteiger partial charge in [-0.2, -0.15) is 0 Å². The van der Waals surface area contributed by atoms with Gasteiger partial charge in [-0.25, -0.2) is 13.2 Å². The lowest BCUT2D eigenvalue weighted by Crippen LogP contribution is -2.37. The van der Waals surface area contributed by atoms with Crippen molar-refractivity contribution >= 4 is 23.4 Å². The Kier molecular flexibility index (Phi) is 3.80. The Hall–Kier alpha value is -3.16. The first-order valence-corrected chi connectivity index (χ1v) is 6.78. The van der Waals surface area contributed by atoms with Crippen molar-refractivity contribution < 1.29 is 27.6 Å². The molecule has 0 fully saturated rings. The highest BCUT2D eigenvalue weighted by Gasteiger charge is 2.38. The van der Waals surface area contributed by atoms with Crippen molar-refractivity contribution in [3.63, 3.8) is 0 Å². The number of carbonyl (C=O) groups excluding carboxylic acids is 3. The predicted molar refractivity (Wildman–Crippen MR) is 76.8 cm³/mol. The molecule has 1 aliphatic rings. The normalized spacial score (nSPS) is 13.2. The molecule has 8 heteroatoms. The number of hydrogen-bond donors (Lipinski definition) is 1. The van der Waals surface area contributed by atoms with Crippen molar-refractivity contribution in [3.8, 4) is 0 Å². The fourth-order valence-electron chi connectivity index (χ4n) is 2.36. The molecule has 0 aromatic heterocycles. The van der Waals surface area contributed by atoms with E-state index in [1.165, 1.54) is 12.1 Å². The van der Waals surface area contributed by atoms with Crippen LogP contribution in [0.2, 0.25) is 0 Å². The topological polar surface area (TPSA) is 66.5 Å². The van der Waals surface area contributed by atoms with Gasteiger partial charge in [0.05, 0.1) is 16.8 Å². The number of hydrogen-bond acceptors (Lipinski definition) is 3. The summed E-state index contributed by atoms with van der Waals surface area (Å²) in [5.41, 5.74) is -0.840. The van der Waals surface area contributed by atoms with Crippen LogP contribution in [0.5, 0.6) is 0 Å². The fourth-order valence-corrected chi connectivity index (χ4v) is 2.36. The number of nitrogens with one attached hydrogen (secondary N) is 1. The van der Waals surface area contributed by atoms with Gasteiger partial charge in [0.2, 0.25) is 5.91 Å².